The average molecular weight is 438 g/mol. The van der Waals surface area contributed by atoms with Crippen LogP contribution in [0.3, 0.4) is 0 Å². The van der Waals surface area contributed by atoms with E-state index in [1.807, 2.05) is 0 Å². The number of aryl methyl sites for hydroxylation is 2. The normalized spacial score (nSPS) is 10.8. The SMILES string of the molecule is Cc1cc([N+](=O)[O-])cc(C)c1OCC(=O)N/N=C\c1ccc(-c2ccc([N+](=O)[O-])cc2)o1. The van der Waals surface area contributed by atoms with Crippen LogP contribution in [-0.4, -0.2) is 28.6 Å². The molecule has 11 heteroatoms. The van der Waals surface area contributed by atoms with E-state index in [1.165, 1.54) is 30.5 Å². The lowest BCUT2D eigenvalue weighted by molar-refractivity contribution is -0.385. The summed E-state index contributed by atoms with van der Waals surface area (Å²) in [5.41, 5.74) is 3.97. The van der Waals surface area contributed by atoms with Gasteiger partial charge >= 0.3 is 0 Å². The van der Waals surface area contributed by atoms with E-state index >= 15 is 0 Å². The topological polar surface area (TPSA) is 150 Å². The molecule has 32 heavy (non-hydrogen) atoms. The molecule has 0 radical (unpaired) electrons. The van der Waals surface area contributed by atoms with Gasteiger partial charge in [-0.25, -0.2) is 5.43 Å². The van der Waals surface area contributed by atoms with Crippen LogP contribution in [0, 0.1) is 34.1 Å². The van der Waals surface area contributed by atoms with Gasteiger partial charge in [0, 0.05) is 29.8 Å². The molecule has 3 rings (SSSR count). The van der Waals surface area contributed by atoms with Gasteiger partial charge in [0.2, 0.25) is 0 Å². The number of nitrogens with zero attached hydrogens (tertiary/aromatic N) is 3. The molecule has 11 nitrogen and oxygen atoms in total. The van der Waals surface area contributed by atoms with Crippen LogP contribution in [0.1, 0.15) is 16.9 Å². The van der Waals surface area contributed by atoms with Gasteiger partial charge in [-0.2, -0.15) is 5.10 Å². The second-order valence-electron chi connectivity index (χ2n) is 6.75. The smallest absolute Gasteiger partial charge is 0.277 e. The van der Waals surface area contributed by atoms with Crippen molar-refractivity contribution in [1.82, 2.24) is 5.43 Å². The maximum absolute atomic E-state index is 12.0. The summed E-state index contributed by atoms with van der Waals surface area (Å²) >= 11 is 0. The highest BCUT2D eigenvalue weighted by atomic mass is 16.6. The van der Waals surface area contributed by atoms with Crippen LogP contribution in [0.15, 0.2) is 58.0 Å². The highest BCUT2D eigenvalue weighted by Crippen LogP contribution is 2.28. The monoisotopic (exact) mass is 438 g/mol. The third-order valence-corrected chi connectivity index (χ3v) is 4.37. The van der Waals surface area contributed by atoms with Crippen LogP contribution < -0.4 is 10.2 Å². The molecule has 0 atom stereocenters. The summed E-state index contributed by atoms with van der Waals surface area (Å²) in [6.07, 6.45) is 1.30. The predicted molar refractivity (Wildman–Crippen MR) is 115 cm³/mol. The number of furan rings is 1. The number of non-ortho nitro benzene ring substituents is 2. The summed E-state index contributed by atoms with van der Waals surface area (Å²) in [4.78, 5) is 32.6. The van der Waals surface area contributed by atoms with Gasteiger partial charge in [0.15, 0.2) is 6.61 Å². The Hall–Kier alpha value is -4.54. The lowest BCUT2D eigenvalue weighted by atomic mass is 10.1. The molecule has 1 heterocycles. The Balaban J connectivity index is 1.55. The van der Waals surface area contributed by atoms with Crippen LogP contribution >= 0.6 is 0 Å². The summed E-state index contributed by atoms with van der Waals surface area (Å²) in [7, 11) is 0. The molecule has 1 N–H and O–H groups in total. The van der Waals surface area contributed by atoms with Crippen molar-refractivity contribution in [1.29, 1.82) is 0 Å². The number of hydrazone groups is 1. The lowest BCUT2D eigenvalue weighted by Gasteiger charge is -2.11. The number of carbonyl (C=O) groups excluding carboxylic acids is 1. The van der Waals surface area contributed by atoms with Gasteiger partial charge < -0.3 is 9.15 Å². The van der Waals surface area contributed by atoms with Gasteiger partial charge in [-0.3, -0.25) is 25.0 Å². The van der Waals surface area contributed by atoms with E-state index in [0.717, 1.165) is 0 Å². The number of nitro benzene ring substituents is 2. The second-order valence-corrected chi connectivity index (χ2v) is 6.75. The number of amides is 1. The molecule has 0 fully saturated rings. The fourth-order valence-corrected chi connectivity index (χ4v) is 2.92. The Morgan fingerprint density at radius 3 is 2.25 bits per heavy atom. The standard InChI is InChI=1S/C21H18N4O7/c1-13-9-17(25(29)30)10-14(2)21(13)31-12-20(26)23-22-11-18-7-8-19(32-18)15-3-5-16(6-4-15)24(27)28/h3-11H,12H2,1-2H3,(H,23,26)/b22-11-. The molecule has 0 unspecified atom stereocenters. The lowest BCUT2D eigenvalue weighted by Crippen LogP contribution is -2.25. The first kappa shape index (κ1) is 22.2. The maximum atomic E-state index is 12.0. The Kier molecular flexibility index (Phi) is 6.59. The molecule has 0 aliphatic rings. The first-order valence-electron chi connectivity index (χ1n) is 9.29. The van der Waals surface area contributed by atoms with E-state index in [0.29, 0.717) is 34.0 Å². The number of nitrogens with one attached hydrogen (secondary N) is 1. The van der Waals surface area contributed by atoms with Crippen molar-refractivity contribution in [3.8, 4) is 17.1 Å². The summed E-state index contributed by atoms with van der Waals surface area (Å²) in [5, 5.41) is 25.4. The zero-order valence-corrected chi connectivity index (χ0v) is 17.1. The van der Waals surface area contributed by atoms with Crippen molar-refractivity contribution in [2.24, 2.45) is 5.10 Å². The van der Waals surface area contributed by atoms with Crippen LogP contribution in [0.25, 0.3) is 11.3 Å². The van der Waals surface area contributed by atoms with Crippen LogP contribution in [0.5, 0.6) is 5.75 Å². The molecule has 0 aliphatic carbocycles. The molecular weight excluding hydrogens is 420 g/mol. The van der Waals surface area contributed by atoms with Crippen molar-refractivity contribution in [2.45, 2.75) is 13.8 Å². The average Bonchev–Trinajstić information content (AvgIpc) is 3.22. The fourth-order valence-electron chi connectivity index (χ4n) is 2.92. The molecular formula is C21H18N4O7. The number of ether oxygens (including phenoxy) is 1. The molecule has 1 aromatic heterocycles. The third kappa shape index (κ3) is 5.33. The van der Waals surface area contributed by atoms with E-state index in [1.54, 1.807) is 38.1 Å². The number of rotatable bonds is 8. The van der Waals surface area contributed by atoms with Gasteiger partial charge in [-0.15, -0.1) is 0 Å². The summed E-state index contributed by atoms with van der Waals surface area (Å²) < 4.78 is 11.1. The van der Waals surface area contributed by atoms with Gasteiger partial charge in [0.05, 0.1) is 16.1 Å². The fraction of sp³-hybridized carbons (Fsp3) is 0.143. The maximum Gasteiger partial charge on any atom is 0.277 e. The van der Waals surface area contributed by atoms with Crippen molar-refractivity contribution in [3.63, 3.8) is 0 Å². The Morgan fingerprint density at radius 1 is 1.03 bits per heavy atom. The van der Waals surface area contributed by atoms with E-state index < -0.39 is 15.8 Å². The highest BCUT2D eigenvalue weighted by Gasteiger charge is 2.14. The Bertz CT molecular complexity index is 1180. The molecule has 2 aromatic carbocycles. The number of hydrogen-bond acceptors (Lipinski definition) is 8. The van der Waals surface area contributed by atoms with Crippen molar-refractivity contribution in [3.05, 3.63) is 85.6 Å². The first-order valence-corrected chi connectivity index (χ1v) is 9.29. The minimum atomic E-state index is -0.527. The van der Waals surface area contributed by atoms with Crippen molar-refractivity contribution in [2.75, 3.05) is 6.61 Å². The van der Waals surface area contributed by atoms with E-state index in [4.69, 9.17) is 9.15 Å². The highest BCUT2D eigenvalue weighted by molar-refractivity contribution is 5.81. The molecule has 0 bridgehead atoms. The minimum Gasteiger partial charge on any atom is -0.483 e. The summed E-state index contributed by atoms with van der Waals surface area (Å²) in [6.45, 7) is 2.98. The van der Waals surface area contributed by atoms with Gasteiger partial charge in [0.25, 0.3) is 17.3 Å². The molecule has 164 valence electrons. The number of benzene rings is 2. The molecule has 0 spiro atoms. The van der Waals surface area contributed by atoms with E-state index in [-0.39, 0.29) is 18.0 Å². The second kappa shape index (κ2) is 9.51. The number of carbonyl (C=O) groups is 1. The van der Waals surface area contributed by atoms with Crippen molar-refractivity contribution >= 4 is 23.5 Å². The quantitative estimate of drug-likeness (QED) is 0.318. The molecule has 0 saturated carbocycles. The first-order chi connectivity index (χ1) is 15.2. The van der Waals surface area contributed by atoms with E-state index in [9.17, 15) is 25.0 Å². The predicted octanol–water partition coefficient (Wildman–Crippen LogP) is 3.91. The summed E-state index contributed by atoms with van der Waals surface area (Å²) in [5.74, 6) is 0.718. The zero-order valence-electron chi connectivity index (χ0n) is 17.1. The number of hydrogen-bond donors (Lipinski definition) is 1. The van der Waals surface area contributed by atoms with Crippen LogP contribution in [0.4, 0.5) is 11.4 Å². The largest absolute Gasteiger partial charge is 0.483 e. The Morgan fingerprint density at radius 2 is 1.66 bits per heavy atom. The van der Waals surface area contributed by atoms with Gasteiger partial charge in [0.1, 0.15) is 17.3 Å². The van der Waals surface area contributed by atoms with Gasteiger partial charge in [-0.05, 0) is 49.2 Å². The van der Waals surface area contributed by atoms with Crippen molar-refractivity contribution < 1.29 is 23.8 Å². The molecule has 0 saturated heterocycles. The molecule has 3 aromatic rings. The van der Waals surface area contributed by atoms with E-state index in [2.05, 4.69) is 10.5 Å². The minimum absolute atomic E-state index is 0.0221. The molecule has 0 aliphatic heterocycles. The van der Waals surface area contributed by atoms with Gasteiger partial charge in [-0.1, -0.05) is 0 Å². The number of nitro groups is 2. The van der Waals surface area contributed by atoms with Crippen LogP contribution in [0.2, 0.25) is 0 Å². The van der Waals surface area contributed by atoms with Crippen LogP contribution in [-0.2, 0) is 4.79 Å². The third-order valence-electron chi connectivity index (χ3n) is 4.37. The molecule has 1 amide bonds. The Labute approximate surface area is 181 Å². The summed E-state index contributed by atoms with van der Waals surface area (Å²) in [6, 6.07) is 11.9. The zero-order chi connectivity index (χ0) is 23.3.